The number of furan rings is 1. The molecule has 0 aliphatic carbocycles. The Morgan fingerprint density at radius 2 is 2.12 bits per heavy atom. The first-order valence-electron chi connectivity index (χ1n) is 8.71. The van der Waals surface area contributed by atoms with Gasteiger partial charge in [-0.1, -0.05) is 0 Å². The highest BCUT2D eigenvalue weighted by molar-refractivity contribution is 5.95. The predicted octanol–water partition coefficient (Wildman–Crippen LogP) is 1.48. The topological polar surface area (TPSA) is 95.7 Å². The van der Waals surface area contributed by atoms with Crippen LogP contribution < -0.4 is 5.32 Å². The summed E-state index contributed by atoms with van der Waals surface area (Å²) < 4.78 is 5.50. The average Bonchev–Trinajstić information content (AvgIpc) is 3.05. The Morgan fingerprint density at radius 1 is 1.35 bits per heavy atom. The van der Waals surface area contributed by atoms with Crippen LogP contribution in [0.5, 0.6) is 0 Å². The van der Waals surface area contributed by atoms with Crippen LogP contribution in [0, 0.1) is 17.8 Å². The number of carboxylic acids is 1. The van der Waals surface area contributed by atoms with E-state index in [1.54, 1.807) is 18.3 Å². The molecule has 0 unspecified atom stereocenters. The fourth-order valence-corrected chi connectivity index (χ4v) is 4.00. The number of amides is 1. The maximum absolute atomic E-state index is 12.7. The standard InChI is InChI=1S/C19H19N3O4/c1-11-18(12-4-6-22(11)7-5-12)21-19(25)15-9-16-13(10-20-15)8-14(26-16)2-3-17(23)24/h8-12,18H,4-7H2,1H3,(H,21,25)(H,23,24)/t11-,18-/m0/s1. The lowest BCUT2D eigenvalue weighted by molar-refractivity contribution is -0.130. The second-order valence-corrected chi connectivity index (χ2v) is 6.89. The van der Waals surface area contributed by atoms with Crippen molar-refractivity contribution in [3.63, 3.8) is 0 Å². The minimum atomic E-state index is -1.23. The van der Waals surface area contributed by atoms with Crippen molar-refractivity contribution in [3.05, 3.63) is 29.8 Å². The highest BCUT2D eigenvalue weighted by Crippen LogP contribution is 2.32. The third kappa shape index (κ3) is 3.04. The van der Waals surface area contributed by atoms with Crippen molar-refractivity contribution in [1.29, 1.82) is 0 Å². The van der Waals surface area contributed by atoms with E-state index in [0.29, 0.717) is 22.9 Å². The monoisotopic (exact) mass is 353 g/mol. The molecule has 0 radical (unpaired) electrons. The van der Waals surface area contributed by atoms with Crippen LogP contribution in [0.4, 0.5) is 0 Å². The van der Waals surface area contributed by atoms with E-state index in [2.05, 4.69) is 28.0 Å². The predicted molar refractivity (Wildman–Crippen MR) is 93.5 cm³/mol. The maximum atomic E-state index is 12.7. The number of pyridine rings is 1. The van der Waals surface area contributed by atoms with Gasteiger partial charge >= 0.3 is 5.97 Å². The van der Waals surface area contributed by atoms with E-state index >= 15 is 0 Å². The minimum Gasteiger partial charge on any atom is -0.472 e. The Bertz CT molecular complexity index is 929. The van der Waals surface area contributed by atoms with Gasteiger partial charge in [0.2, 0.25) is 0 Å². The second-order valence-electron chi connectivity index (χ2n) is 6.89. The number of nitrogens with zero attached hydrogens (tertiary/aromatic N) is 2. The SMILES string of the molecule is C[C@H]1[C@H](NC(=O)c2cc3oc(C#CC(=O)O)cc3cn2)C2CCN1CC2. The van der Waals surface area contributed by atoms with Gasteiger partial charge in [-0.3, -0.25) is 14.7 Å². The van der Waals surface area contributed by atoms with Crippen molar-refractivity contribution in [3.8, 4) is 11.8 Å². The zero-order chi connectivity index (χ0) is 18.3. The zero-order valence-corrected chi connectivity index (χ0v) is 14.4. The summed E-state index contributed by atoms with van der Waals surface area (Å²) in [6.45, 7) is 4.37. The summed E-state index contributed by atoms with van der Waals surface area (Å²) >= 11 is 0. The lowest BCUT2D eigenvalue weighted by Crippen LogP contribution is -2.62. The molecule has 3 fully saturated rings. The van der Waals surface area contributed by atoms with Crippen LogP contribution in [0.2, 0.25) is 0 Å². The van der Waals surface area contributed by atoms with E-state index in [1.165, 1.54) is 0 Å². The molecule has 2 atom stereocenters. The summed E-state index contributed by atoms with van der Waals surface area (Å²) in [6, 6.07) is 3.64. The molecule has 2 N–H and O–H groups in total. The summed E-state index contributed by atoms with van der Waals surface area (Å²) in [5.74, 6) is 3.73. The van der Waals surface area contributed by atoms with Crippen LogP contribution in [0.15, 0.2) is 22.7 Å². The molecule has 7 nitrogen and oxygen atoms in total. The molecule has 26 heavy (non-hydrogen) atoms. The van der Waals surface area contributed by atoms with Gasteiger partial charge in [-0.25, -0.2) is 4.79 Å². The number of carboxylic acid groups (broad SMARTS) is 1. The number of hydrogen-bond donors (Lipinski definition) is 2. The number of nitrogens with one attached hydrogen (secondary N) is 1. The smallest absolute Gasteiger partial charge is 0.382 e. The van der Waals surface area contributed by atoms with Gasteiger partial charge < -0.3 is 14.8 Å². The van der Waals surface area contributed by atoms with Crippen molar-refractivity contribution in [2.24, 2.45) is 5.92 Å². The minimum absolute atomic E-state index is 0.135. The average molecular weight is 353 g/mol. The van der Waals surface area contributed by atoms with Crippen molar-refractivity contribution < 1.29 is 19.1 Å². The quantitative estimate of drug-likeness (QED) is 0.794. The van der Waals surface area contributed by atoms with Gasteiger partial charge in [0.15, 0.2) is 5.76 Å². The molecule has 0 aromatic carbocycles. The van der Waals surface area contributed by atoms with Crippen LogP contribution in [0.3, 0.4) is 0 Å². The highest BCUT2D eigenvalue weighted by Gasteiger charge is 2.40. The van der Waals surface area contributed by atoms with E-state index < -0.39 is 5.97 Å². The van der Waals surface area contributed by atoms with Gasteiger partial charge in [-0.15, -0.1) is 0 Å². The Labute approximate surface area is 150 Å². The summed E-state index contributed by atoms with van der Waals surface area (Å²) in [4.78, 5) is 29.8. The highest BCUT2D eigenvalue weighted by atomic mass is 16.4. The number of fused-ring (bicyclic) bond motifs is 4. The summed E-state index contributed by atoms with van der Waals surface area (Å²) in [5.41, 5.74) is 0.745. The Kier molecular flexibility index (Phi) is 4.13. The number of aliphatic carboxylic acids is 1. The zero-order valence-electron chi connectivity index (χ0n) is 14.4. The molecule has 5 heterocycles. The number of carbonyl (C=O) groups excluding carboxylic acids is 1. The third-order valence-electron chi connectivity index (χ3n) is 5.40. The van der Waals surface area contributed by atoms with Gasteiger partial charge in [0, 0.05) is 41.7 Å². The van der Waals surface area contributed by atoms with Crippen molar-refractivity contribution in [1.82, 2.24) is 15.2 Å². The van der Waals surface area contributed by atoms with Crippen LogP contribution in [0.1, 0.15) is 36.0 Å². The van der Waals surface area contributed by atoms with Gasteiger partial charge in [0.05, 0.1) is 0 Å². The van der Waals surface area contributed by atoms with Crippen molar-refractivity contribution in [2.75, 3.05) is 13.1 Å². The van der Waals surface area contributed by atoms with Crippen LogP contribution >= 0.6 is 0 Å². The third-order valence-corrected chi connectivity index (χ3v) is 5.40. The molecule has 1 amide bonds. The Hall–Kier alpha value is -2.85. The number of hydrogen-bond acceptors (Lipinski definition) is 5. The second kappa shape index (κ2) is 6.46. The summed E-state index contributed by atoms with van der Waals surface area (Å²) in [6.07, 6.45) is 3.77. The van der Waals surface area contributed by atoms with E-state index in [-0.39, 0.29) is 23.4 Å². The summed E-state index contributed by atoms with van der Waals surface area (Å²) in [5, 5.41) is 12.4. The first-order chi connectivity index (χ1) is 12.5. The van der Waals surface area contributed by atoms with Gasteiger partial charge in [0.1, 0.15) is 11.3 Å². The van der Waals surface area contributed by atoms with E-state index in [4.69, 9.17) is 9.52 Å². The molecule has 2 bridgehead atoms. The lowest BCUT2D eigenvalue weighted by atomic mass is 9.79. The van der Waals surface area contributed by atoms with Crippen molar-refractivity contribution >= 4 is 22.8 Å². The van der Waals surface area contributed by atoms with E-state index in [0.717, 1.165) is 25.9 Å². The molecule has 0 saturated carbocycles. The summed E-state index contributed by atoms with van der Waals surface area (Å²) in [7, 11) is 0. The molecular weight excluding hydrogens is 334 g/mol. The number of rotatable bonds is 2. The molecule has 0 spiro atoms. The normalized spacial score (nSPS) is 27.0. The van der Waals surface area contributed by atoms with Gasteiger partial charge in [-0.2, -0.15) is 0 Å². The van der Waals surface area contributed by atoms with Crippen LogP contribution in [0.25, 0.3) is 11.0 Å². The van der Waals surface area contributed by atoms with E-state index in [9.17, 15) is 9.59 Å². The lowest BCUT2D eigenvalue weighted by Gasteiger charge is -2.49. The van der Waals surface area contributed by atoms with E-state index in [1.807, 2.05) is 5.92 Å². The van der Waals surface area contributed by atoms with Crippen molar-refractivity contribution in [2.45, 2.75) is 31.8 Å². The van der Waals surface area contributed by atoms with Crippen LogP contribution in [-0.2, 0) is 4.79 Å². The van der Waals surface area contributed by atoms with Gasteiger partial charge in [0.25, 0.3) is 5.91 Å². The molecule has 3 aliphatic heterocycles. The molecular formula is C19H19N3O4. The Morgan fingerprint density at radius 3 is 2.81 bits per heavy atom. The number of aromatic nitrogens is 1. The van der Waals surface area contributed by atoms with Gasteiger partial charge in [-0.05, 0) is 44.7 Å². The molecule has 3 saturated heterocycles. The molecule has 2 aromatic heterocycles. The molecule has 134 valence electrons. The van der Waals surface area contributed by atoms with Crippen LogP contribution in [-0.4, -0.2) is 52.0 Å². The molecule has 3 aliphatic rings. The fourth-order valence-electron chi connectivity index (χ4n) is 4.00. The molecule has 7 heteroatoms. The Balaban J connectivity index is 1.54. The fraction of sp³-hybridized carbons (Fsp3) is 0.421. The number of piperidine rings is 3. The first kappa shape index (κ1) is 16.6. The maximum Gasteiger partial charge on any atom is 0.382 e. The molecule has 2 aromatic rings. The molecule has 5 rings (SSSR count). The first-order valence-corrected chi connectivity index (χ1v) is 8.71. The largest absolute Gasteiger partial charge is 0.472 e. The number of carbonyl (C=O) groups is 2.